The Morgan fingerprint density at radius 1 is 1.00 bits per heavy atom. The predicted octanol–water partition coefficient (Wildman–Crippen LogP) is 3.63. The molecular weight excluding hydrogens is 424 g/mol. The van der Waals surface area contributed by atoms with E-state index in [1.54, 1.807) is 48.5 Å². The first-order valence-electron chi connectivity index (χ1n) is 8.73. The average molecular weight is 438 g/mol. The molecule has 150 valence electrons. The van der Waals surface area contributed by atoms with Crippen LogP contribution in [0.15, 0.2) is 74.2 Å². The average Bonchev–Trinajstić information content (AvgIpc) is 3.20. The van der Waals surface area contributed by atoms with Crippen LogP contribution in [0.4, 0.5) is 10.8 Å². The van der Waals surface area contributed by atoms with E-state index in [9.17, 15) is 14.4 Å². The van der Waals surface area contributed by atoms with Crippen molar-refractivity contribution < 1.29 is 14.0 Å². The number of hydrogen-bond acceptors (Lipinski definition) is 8. The van der Waals surface area contributed by atoms with Gasteiger partial charge in [-0.2, -0.15) is 0 Å². The molecule has 2 amide bonds. The highest BCUT2D eigenvalue weighted by Crippen LogP contribution is 2.26. The van der Waals surface area contributed by atoms with Gasteiger partial charge in [0.2, 0.25) is 11.0 Å². The van der Waals surface area contributed by atoms with Crippen LogP contribution in [-0.2, 0) is 4.79 Å². The molecule has 2 aromatic carbocycles. The number of amides is 2. The van der Waals surface area contributed by atoms with Gasteiger partial charge in [0.25, 0.3) is 5.91 Å². The third-order valence-corrected chi connectivity index (χ3v) is 5.86. The van der Waals surface area contributed by atoms with Crippen molar-refractivity contribution in [2.75, 3.05) is 16.4 Å². The van der Waals surface area contributed by atoms with Crippen molar-refractivity contribution in [1.29, 1.82) is 0 Å². The summed E-state index contributed by atoms with van der Waals surface area (Å²) in [6.07, 6.45) is 0. The van der Waals surface area contributed by atoms with Crippen molar-refractivity contribution in [3.63, 3.8) is 0 Å². The lowest BCUT2D eigenvalue weighted by Gasteiger charge is -2.05. The Balaban J connectivity index is 1.31. The molecule has 0 spiro atoms. The molecule has 0 unspecified atom stereocenters. The lowest BCUT2D eigenvalue weighted by atomic mass is 10.2. The van der Waals surface area contributed by atoms with E-state index in [1.807, 2.05) is 6.07 Å². The fourth-order valence-electron chi connectivity index (χ4n) is 2.55. The van der Waals surface area contributed by atoms with E-state index in [2.05, 4.69) is 20.8 Å². The second-order valence-electron chi connectivity index (χ2n) is 6.04. The molecule has 0 aliphatic carbocycles. The Kier molecular flexibility index (Phi) is 5.87. The highest BCUT2D eigenvalue weighted by Gasteiger charge is 2.12. The SMILES string of the molecule is O=C(CSc1nnc(NC(=O)c2ccccc2)s1)Nc1ccc2oc(=O)ccc2c1. The Morgan fingerprint density at radius 2 is 1.83 bits per heavy atom. The van der Waals surface area contributed by atoms with E-state index < -0.39 is 5.63 Å². The number of rotatable bonds is 6. The van der Waals surface area contributed by atoms with E-state index in [0.717, 1.165) is 0 Å². The molecule has 2 heterocycles. The van der Waals surface area contributed by atoms with Gasteiger partial charge < -0.3 is 9.73 Å². The normalized spacial score (nSPS) is 10.7. The van der Waals surface area contributed by atoms with Crippen molar-refractivity contribution in [2.24, 2.45) is 0 Å². The minimum Gasteiger partial charge on any atom is -0.423 e. The summed E-state index contributed by atoms with van der Waals surface area (Å²) in [5.74, 6) is -0.363. The van der Waals surface area contributed by atoms with Crippen LogP contribution in [0.2, 0.25) is 0 Å². The summed E-state index contributed by atoms with van der Waals surface area (Å²) in [4.78, 5) is 35.6. The Bertz CT molecular complexity index is 1270. The van der Waals surface area contributed by atoms with Crippen LogP contribution in [0.5, 0.6) is 0 Å². The minimum atomic E-state index is -0.424. The fraction of sp³-hybridized carbons (Fsp3) is 0.0500. The van der Waals surface area contributed by atoms with Gasteiger partial charge >= 0.3 is 5.63 Å². The summed E-state index contributed by atoms with van der Waals surface area (Å²) < 4.78 is 5.63. The van der Waals surface area contributed by atoms with Gasteiger partial charge in [-0.1, -0.05) is 41.3 Å². The van der Waals surface area contributed by atoms with Gasteiger partial charge in [-0.05, 0) is 36.4 Å². The van der Waals surface area contributed by atoms with Gasteiger partial charge in [-0.15, -0.1) is 10.2 Å². The number of aromatic nitrogens is 2. The van der Waals surface area contributed by atoms with Crippen molar-refractivity contribution in [3.8, 4) is 0 Å². The summed E-state index contributed by atoms with van der Waals surface area (Å²) in [5, 5.41) is 14.5. The van der Waals surface area contributed by atoms with Gasteiger partial charge in [-0.3, -0.25) is 14.9 Å². The molecule has 30 heavy (non-hydrogen) atoms. The molecule has 10 heteroatoms. The van der Waals surface area contributed by atoms with Crippen molar-refractivity contribution in [3.05, 3.63) is 76.6 Å². The number of anilines is 2. The molecule has 0 bridgehead atoms. The van der Waals surface area contributed by atoms with E-state index >= 15 is 0 Å². The number of carbonyl (C=O) groups excluding carboxylic acids is 2. The zero-order valence-corrected chi connectivity index (χ0v) is 17.0. The number of nitrogens with one attached hydrogen (secondary N) is 2. The number of hydrogen-bond donors (Lipinski definition) is 2. The first-order valence-corrected chi connectivity index (χ1v) is 10.5. The quantitative estimate of drug-likeness (QED) is 0.268. The van der Waals surface area contributed by atoms with Crippen LogP contribution in [0, 0.1) is 0 Å². The Hall–Kier alpha value is -3.50. The third kappa shape index (κ3) is 4.91. The van der Waals surface area contributed by atoms with E-state index in [0.29, 0.717) is 31.7 Å². The topological polar surface area (TPSA) is 114 Å². The smallest absolute Gasteiger partial charge is 0.336 e. The molecule has 2 aromatic heterocycles. The standard InChI is InChI=1S/C20H14N4O4S2/c25-16(21-14-7-8-15-13(10-14)6-9-17(26)28-15)11-29-20-24-23-19(30-20)22-18(27)12-4-2-1-3-5-12/h1-10H,11H2,(H,21,25)(H,22,23,27). The molecule has 0 saturated heterocycles. The zero-order valence-electron chi connectivity index (χ0n) is 15.3. The van der Waals surface area contributed by atoms with Crippen LogP contribution >= 0.6 is 23.1 Å². The first-order chi connectivity index (χ1) is 14.6. The highest BCUT2D eigenvalue weighted by molar-refractivity contribution is 8.01. The molecular formula is C20H14N4O4S2. The molecule has 0 aliphatic heterocycles. The maximum atomic E-state index is 12.2. The number of carbonyl (C=O) groups is 2. The van der Waals surface area contributed by atoms with Gasteiger partial charge in [0, 0.05) is 22.7 Å². The van der Waals surface area contributed by atoms with Gasteiger partial charge in [0.1, 0.15) is 5.58 Å². The predicted molar refractivity (Wildman–Crippen MR) is 116 cm³/mol. The van der Waals surface area contributed by atoms with E-state index in [-0.39, 0.29) is 17.6 Å². The third-order valence-electron chi connectivity index (χ3n) is 3.89. The monoisotopic (exact) mass is 438 g/mol. The summed E-state index contributed by atoms with van der Waals surface area (Å²) >= 11 is 2.41. The van der Waals surface area contributed by atoms with Crippen molar-refractivity contribution >= 4 is 56.7 Å². The largest absolute Gasteiger partial charge is 0.423 e. The second-order valence-corrected chi connectivity index (χ2v) is 8.24. The van der Waals surface area contributed by atoms with Crippen LogP contribution in [-0.4, -0.2) is 27.8 Å². The molecule has 0 saturated carbocycles. The number of fused-ring (bicyclic) bond motifs is 1. The molecule has 0 radical (unpaired) electrons. The van der Waals surface area contributed by atoms with Crippen molar-refractivity contribution in [1.82, 2.24) is 10.2 Å². The maximum Gasteiger partial charge on any atom is 0.336 e. The second kappa shape index (κ2) is 8.89. The first kappa shape index (κ1) is 19.8. The van der Waals surface area contributed by atoms with Crippen molar-refractivity contribution in [2.45, 2.75) is 4.34 Å². The fourth-order valence-corrected chi connectivity index (χ4v) is 4.10. The highest BCUT2D eigenvalue weighted by atomic mass is 32.2. The van der Waals surface area contributed by atoms with E-state index in [4.69, 9.17) is 4.42 Å². The van der Waals surface area contributed by atoms with Crippen LogP contribution in [0.1, 0.15) is 10.4 Å². The lowest BCUT2D eigenvalue weighted by Crippen LogP contribution is -2.13. The zero-order chi connectivity index (χ0) is 20.9. The summed E-state index contributed by atoms with van der Waals surface area (Å²) in [6, 6.07) is 16.8. The summed E-state index contributed by atoms with van der Waals surface area (Å²) in [6.45, 7) is 0. The molecule has 4 rings (SSSR count). The van der Waals surface area contributed by atoms with Gasteiger partial charge in [0.05, 0.1) is 5.75 Å². The van der Waals surface area contributed by atoms with Gasteiger partial charge in [-0.25, -0.2) is 4.79 Å². The molecule has 4 aromatic rings. The summed E-state index contributed by atoms with van der Waals surface area (Å²) in [7, 11) is 0. The van der Waals surface area contributed by atoms with Crippen LogP contribution in [0.3, 0.4) is 0 Å². The molecule has 0 atom stereocenters. The maximum absolute atomic E-state index is 12.2. The van der Waals surface area contributed by atoms with Crippen LogP contribution in [0.25, 0.3) is 11.0 Å². The Labute approximate surface area is 178 Å². The lowest BCUT2D eigenvalue weighted by molar-refractivity contribution is -0.113. The number of nitrogens with zero attached hydrogens (tertiary/aromatic N) is 2. The minimum absolute atomic E-state index is 0.128. The summed E-state index contributed by atoms with van der Waals surface area (Å²) in [5.41, 5.74) is 1.15. The molecule has 8 nitrogen and oxygen atoms in total. The molecule has 2 N–H and O–H groups in total. The number of thioether (sulfide) groups is 1. The molecule has 0 aliphatic rings. The molecule has 0 fully saturated rings. The van der Waals surface area contributed by atoms with Crippen LogP contribution < -0.4 is 16.3 Å². The van der Waals surface area contributed by atoms with E-state index in [1.165, 1.54) is 29.2 Å². The number of benzene rings is 2. The Morgan fingerprint density at radius 3 is 2.67 bits per heavy atom. The van der Waals surface area contributed by atoms with Gasteiger partial charge in [0.15, 0.2) is 4.34 Å².